The molecule has 0 bridgehead atoms. The third kappa shape index (κ3) is 4.68. The number of ether oxygens (including phenoxy) is 1. The Morgan fingerprint density at radius 2 is 1.80 bits per heavy atom. The highest BCUT2D eigenvalue weighted by Crippen LogP contribution is 2.44. The Balaban J connectivity index is 1.40. The van der Waals surface area contributed by atoms with Crippen LogP contribution in [0.15, 0.2) is 30.3 Å². The van der Waals surface area contributed by atoms with Crippen molar-refractivity contribution in [3.63, 3.8) is 0 Å². The van der Waals surface area contributed by atoms with Crippen LogP contribution in [0, 0.1) is 11.3 Å². The minimum Gasteiger partial charge on any atom is -0.379 e. The zero-order valence-corrected chi connectivity index (χ0v) is 18.2. The molecule has 3 heterocycles. The summed E-state index contributed by atoms with van der Waals surface area (Å²) < 4.78 is 5.37. The van der Waals surface area contributed by atoms with Crippen molar-refractivity contribution in [1.29, 1.82) is 0 Å². The van der Waals surface area contributed by atoms with Crippen LogP contribution in [0.2, 0.25) is 0 Å². The Labute approximate surface area is 179 Å². The standard InChI is InChI=1S/C23H34N4O3/c1-18(2)24-22(29)20-13-26(12-19-6-4-3-5-7-19)15-23(20)16-27(17-23)21(28)14-25-8-10-30-11-9-25/h3-7,18,20H,8-17H2,1-2H3,(H,24,29). The maximum Gasteiger partial charge on any atom is 0.236 e. The van der Waals surface area contributed by atoms with Gasteiger partial charge in [-0.05, 0) is 19.4 Å². The molecule has 3 fully saturated rings. The molecule has 0 radical (unpaired) electrons. The first-order chi connectivity index (χ1) is 14.4. The second kappa shape index (κ2) is 9.04. The molecule has 2 amide bonds. The van der Waals surface area contributed by atoms with E-state index in [1.807, 2.05) is 24.8 Å². The predicted octanol–water partition coefficient (Wildman–Crippen LogP) is 0.804. The average molecular weight is 415 g/mol. The summed E-state index contributed by atoms with van der Waals surface area (Å²) in [5, 5.41) is 3.11. The van der Waals surface area contributed by atoms with E-state index in [0.29, 0.717) is 32.8 Å². The molecule has 1 aromatic rings. The Morgan fingerprint density at radius 3 is 2.47 bits per heavy atom. The van der Waals surface area contributed by atoms with E-state index >= 15 is 0 Å². The molecule has 1 atom stereocenters. The van der Waals surface area contributed by atoms with Crippen molar-refractivity contribution in [2.45, 2.75) is 26.4 Å². The number of benzene rings is 1. The van der Waals surface area contributed by atoms with Crippen LogP contribution in [0.4, 0.5) is 0 Å². The van der Waals surface area contributed by atoms with E-state index in [4.69, 9.17) is 4.74 Å². The van der Waals surface area contributed by atoms with Gasteiger partial charge in [0.05, 0.1) is 25.7 Å². The van der Waals surface area contributed by atoms with Gasteiger partial charge in [0.15, 0.2) is 0 Å². The number of hydrogen-bond acceptors (Lipinski definition) is 5. The van der Waals surface area contributed by atoms with Gasteiger partial charge in [-0.15, -0.1) is 0 Å². The second-order valence-corrected chi connectivity index (χ2v) is 9.37. The lowest BCUT2D eigenvalue weighted by molar-refractivity contribution is -0.151. The van der Waals surface area contributed by atoms with E-state index in [0.717, 1.165) is 32.7 Å². The van der Waals surface area contributed by atoms with Crippen LogP contribution in [-0.4, -0.2) is 91.6 Å². The normalized spacial score (nSPS) is 24.2. The molecule has 1 N–H and O–H groups in total. The number of nitrogens with zero attached hydrogens (tertiary/aromatic N) is 3. The number of rotatable bonds is 6. The summed E-state index contributed by atoms with van der Waals surface area (Å²) in [5.74, 6) is 0.226. The van der Waals surface area contributed by atoms with Gasteiger partial charge in [-0.25, -0.2) is 0 Å². The third-order valence-corrected chi connectivity index (χ3v) is 6.54. The summed E-state index contributed by atoms with van der Waals surface area (Å²) in [4.78, 5) is 32.3. The molecule has 1 unspecified atom stereocenters. The molecule has 0 saturated carbocycles. The third-order valence-electron chi connectivity index (χ3n) is 6.54. The zero-order chi connectivity index (χ0) is 21.1. The molecule has 7 nitrogen and oxygen atoms in total. The van der Waals surface area contributed by atoms with Crippen molar-refractivity contribution >= 4 is 11.8 Å². The van der Waals surface area contributed by atoms with Gasteiger partial charge in [-0.1, -0.05) is 30.3 Å². The number of morpholine rings is 1. The fourth-order valence-corrected chi connectivity index (χ4v) is 5.04. The Kier molecular flexibility index (Phi) is 6.41. The van der Waals surface area contributed by atoms with Gasteiger partial charge in [-0.2, -0.15) is 0 Å². The highest BCUT2D eigenvalue weighted by atomic mass is 16.5. The van der Waals surface area contributed by atoms with Crippen molar-refractivity contribution in [2.75, 3.05) is 59.0 Å². The van der Waals surface area contributed by atoms with Crippen LogP contribution >= 0.6 is 0 Å². The van der Waals surface area contributed by atoms with Crippen molar-refractivity contribution in [2.24, 2.45) is 11.3 Å². The number of amides is 2. The summed E-state index contributed by atoms with van der Waals surface area (Å²) in [6.07, 6.45) is 0. The Bertz CT molecular complexity index is 742. The van der Waals surface area contributed by atoms with Gasteiger partial charge in [-0.3, -0.25) is 19.4 Å². The molecule has 164 valence electrons. The minimum atomic E-state index is -0.131. The lowest BCUT2D eigenvalue weighted by Crippen LogP contribution is -2.65. The monoisotopic (exact) mass is 414 g/mol. The van der Waals surface area contributed by atoms with E-state index in [9.17, 15) is 9.59 Å². The van der Waals surface area contributed by atoms with Crippen molar-refractivity contribution in [1.82, 2.24) is 20.0 Å². The minimum absolute atomic E-state index is 0.0731. The van der Waals surface area contributed by atoms with Crippen LogP contribution in [0.3, 0.4) is 0 Å². The fraction of sp³-hybridized carbons (Fsp3) is 0.652. The van der Waals surface area contributed by atoms with E-state index < -0.39 is 0 Å². The van der Waals surface area contributed by atoms with Gasteiger partial charge in [0, 0.05) is 57.3 Å². The molecule has 3 aliphatic heterocycles. The summed E-state index contributed by atoms with van der Waals surface area (Å²) in [6, 6.07) is 10.5. The maximum absolute atomic E-state index is 13.0. The topological polar surface area (TPSA) is 65.1 Å². The molecule has 3 aliphatic rings. The van der Waals surface area contributed by atoms with Crippen LogP contribution in [0.25, 0.3) is 0 Å². The van der Waals surface area contributed by atoms with Crippen molar-refractivity contribution in [3.8, 4) is 0 Å². The van der Waals surface area contributed by atoms with Gasteiger partial charge < -0.3 is 15.0 Å². The van der Waals surface area contributed by atoms with Gasteiger partial charge in [0.1, 0.15) is 0 Å². The second-order valence-electron chi connectivity index (χ2n) is 9.37. The molecule has 7 heteroatoms. The van der Waals surface area contributed by atoms with Crippen molar-refractivity contribution < 1.29 is 14.3 Å². The maximum atomic E-state index is 13.0. The number of nitrogens with one attached hydrogen (secondary N) is 1. The molecule has 4 rings (SSSR count). The van der Waals surface area contributed by atoms with Gasteiger partial charge in [0.25, 0.3) is 0 Å². The van der Waals surface area contributed by atoms with E-state index in [1.54, 1.807) is 0 Å². The highest BCUT2D eigenvalue weighted by Gasteiger charge is 2.57. The summed E-state index contributed by atoms with van der Waals surface area (Å²) >= 11 is 0. The first kappa shape index (κ1) is 21.3. The molecular weight excluding hydrogens is 380 g/mol. The smallest absolute Gasteiger partial charge is 0.236 e. The lowest BCUT2D eigenvalue weighted by Gasteiger charge is -2.51. The SMILES string of the molecule is CC(C)NC(=O)C1CN(Cc2ccccc2)CC12CN(C(=O)CN1CCOCC1)C2. The molecule has 30 heavy (non-hydrogen) atoms. The highest BCUT2D eigenvalue weighted by molar-refractivity contribution is 5.83. The van der Waals surface area contributed by atoms with E-state index in [2.05, 4.69) is 39.4 Å². The molecule has 1 spiro atoms. The Hall–Kier alpha value is -1.96. The average Bonchev–Trinajstić information content (AvgIpc) is 3.07. The largest absolute Gasteiger partial charge is 0.379 e. The first-order valence-electron chi connectivity index (χ1n) is 11.1. The molecule has 0 aliphatic carbocycles. The molecule has 0 aromatic heterocycles. The van der Waals surface area contributed by atoms with Gasteiger partial charge >= 0.3 is 0 Å². The lowest BCUT2D eigenvalue weighted by atomic mass is 9.71. The van der Waals surface area contributed by atoms with E-state index in [-0.39, 0.29) is 29.2 Å². The fourth-order valence-electron chi connectivity index (χ4n) is 5.04. The zero-order valence-electron chi connectivity index (χ0n) is 18.2. The first-order valence-corrected chi connectivity index (χ1v) is 11.1. The van der Waals surface area contributed by atoms with Crippen molar-refractivity contribution in [3.05, 3.63) is 35.9 Å². The Morgan fingerprint density at radius 1 is 1.10 bits per heavy atom. The predicted molar refractivity (Wildman–Crippen MR) is 115 cm³/mol. The summed E-state index contributed by atoms with van der Waals surface area (Å²) in [5.41, 5.74) is 1.13. The van der Waals surface area contributed by atoms with Crippen LogP contribution in [-0.2, 0) is 20.9 Å². The number of carbonyl (C=O) groups excluding carboxylic acids is 2. The quantitative estimate of drug-likeness (QED) is 0.746. The van der Waals surface area contributed by atoms with Crippen LogP contribution in [0.1, 0.15) is 19.4 Å². The molecule has 3 saturated heterocycles. The van der Waals surface area contributed by atoms with Crippen LogP contribution < -0.4 is 5.32 Å². The van der Waals surface area contributed by atoms with Crippen LogP contribution in [0.5, 0.6) is 0 Å². The summed E-state index contributed by atoms with van der Waals surface area (Å²) in [7, 11) is 0. The van der Waals surface area contributed by atoms with Gasteiger partial charge in [0.2, 0.25) is 11.8 Å². The summed E-state index contributed by atoms with van der Waals surface area (Å²) in [6.45, 7) is 11.3. The number of hydrogen-bond donors (Lipinski definition) is 1. The van der Waals surface area contributed by atoms with E-state index in [1.165, 1.54) is 5.56 Å². The number of carbonyl (C=O) groups is 2. The molecule has 1 aromatic carbocycles. The molecular formula is C23H34N4O3. The number of likely N-dealkylation sites (tertiary alicyclic amines) is 2.